The minimum Gasteiger partial charge on any atom is -0.369 e. The smallest absolute Gasteiger partial charge is 0.328 e. The zero-order valence-electron chi connectivity index (χ0n) is 30.1. The second kappa shape index (κ2) is 16.5. The number of amides is 3. The molecule has 3 fully saturated rings. The van der Waals surface area contributed by atoms with Crippen LogP contribution in [0, 0.1) is 28.6 Å². The van der Waals surface area contributed by atoms with E-state index in [2.05, 4.69) is 64.2 Å². The molecule has 1 atom stereocenters. The highest BCUT2D eigenvalue weighted by atomic mass is 35.5. The van der Waals surface area contributed by atoms with Crippen molar-refractivity contribution in [3.05, 3.63) is 71.3 Å². The number of hydrogen-bond acceptors (Lipinski definition) is 12. The van der Waals surface area contributed by atoms with Crippen molar-refractivity contribution in [2.45, 2.75) is 57.4 Å². The molecule has 1 aliphatic carbocycles. The molecule has 278 valence electrons. The lowest BCUT2D eigenvalue weighted by atomic mass is 9.79. The highest BCUT2D eigenvalue weighted by Crippen LogP contribution is 2.37. The van der Waals surface area contributed by atoms with Gasteiger partial charge < -0.3 is 15.5 Å². The zero-order chi connectivity index (χ0) is 37.6. The summed E-state index contributed by atoms with van der Waals surface area (Å²) in [5, 5.41) is 36.6. The van der Waals surface area contributed by atoms with Gasteiger partial charge in [-0.3, -0.25) is 19.9 Å². The molecule has 0 spiro atoms. The lowest BCUT2D eigenvalue weighted by molar-refractivity contribution is -0.120. The predicted molar refractivity (Wildman–Crippen MR) is 205 cm³/mol. The Labute approximate surface area is 318 Å². The monoisotopic (exact) mass is 747 g/mol. The molecule has 3 aliphatic rings. The Kier molecular flexibility index (Phi) is 11.2. The number of urea groups is 1. The maximum Gasteiger partial charge on any atom is 0.328 e. The molecular weight excluding hydrogens is 706 g/mol. The fraction of sp³-hybridized carbons (Fsp3) is 0.421. The first-order valence-electron chi connectivity index (χ1n) is 18.4. The first kappa shape index (κ1) is 36.6. The van der Waals surface area contributed by atoms with Crippen LogP contribution >= 0.6 is 11.6 Å². The summed E-state index contributed by atoms with van der Waals surface area (Å²) in [5.41, 5.74) is 4.58. The molecule has 0 unspecified atom stereocenters. The van der Waals surface area contributed by atoms with Crippen LogP contribution in [0.2, 0.25) is 5.02 Å². The number of rotatable bonds is 11. The van der Waals surface area contributed by atoms with Gasteiger partial charge in [0.1, 0.15) is 29.4 Å². The van der Waals surface area contributed by atoms with Crippen LogP contribution in [0.3, 0.4) is 0 Å². The molecule has 1 aromatic carbocycles. The molecule has 3 aromatic heterocycles. The van der Waals surface area contributed by atoms with Gasteiger partial charge in [-0.2, -0.15) is 10.5 Å². The summed E-state index contributed by atoms with van der Waals surface area (Å²) < 4.78 is 1.71. The average molecular weight is 748 g/mol. The first-order valence-corrected chi connectivity index (χ1v) is 18.7. The Morgan fingerprint density at radius 2 is 1.74 bits per heavy atom. The molecule has 7 rings (SSSR count). The van der Waals surface area contributed by atoms with E-state index >= 15 is 0 Å². The molecule has 4 aromatic rings. The molecule has 2 aliphatic heterocycles. The highest BCUT2D eigenvalue weighted by molar-refractivity contribution is 6.33. The van der Waals surface area contributed by atoms with Gasteiger partial charge in [0.2, 0.25) is 5.91 Å². The van der Waals surface area contributed by atoms with Gasteiger partial charge in [0.25, 0.3) is 0 Å². The number of imide groups is 1. The van der Waals surface area contributed by atoms with Crippen molar-refractivity contribution in [1.82, 2.24) is 35.2 Å². The second-order valence-electron chi connectivity index (χ2n) is 14.1. The van der Waals surface area contributed by atoms with Crippen LogP contribution in [0.15, 0.2) is 55.0 Å². The van der Waals surface area contributed by atoms with Crippen LogP contribution in [0.25, 0.3) is 5.69 Å². The van der Waals surface area contributed by atoms with E-state index in [0.717, 1.165) is 75.5 Å². The molecule has 5 heterocycles. The van der Waals surface area contributed by atoms with Crippen LogP contribution in [-0.4, -0.2) is 87.1 Å². The number of aromatic nitrogens is 5. The van der Waals surface area contributed by atoms with Crippen LogP contribution in [0.1, 0.15) is 62.6 Å². The number of hydrogen-bond donors (Lipinski definition) is 3. The van der Waals surface area contributed by atoms with Gasteiger partial charge >= 0.3 is 6.03 Å². The zero-order valence-corrected chi connectivity index (χ0v) is 30.8. The largest absolute Gasteiger partial charge is 0.369 e. The molecule has 3 N–H and O–H groups in total. The van der Waals surface area contributed by atoms with Crippen LogP contribution in [0.4, 0.5) is 33.5 Å². The van der Waals surface area contributed by atoms with Gasteiger partial charge in [0, 0.05) is 68.7 Å². The average Bonchev–Trinajstić information content (AvgIpc) is 3.69. The topological polar surface area (TPSA) is 184 Å². The van der Waals surface area contributed by atoms with Crippen LogP contribution in [-0.2, 0) is 4.79 Å². The van der Waals surface area contributed by atoms with E-state index in [9.17, 15) is 14.9 Å². The van der Waals surface area contributed by atoms with Gasteiger partial charge in [0.15, 0.2) is 0 Å². The third kappa shape index (κ3) is 8.54. The predicted octanol–water partition coefficient (Wildman–Crippen LogP) is 5.58. The van der Waals surface area contributed by atoms with Crippen molar-refractivity contribution < 1.29 is 9.59 Å². The number of carbonyl (C=O) groups excluding carboxylic acids is 2. The summed E-state index contributed by atoms with van der Waals surface area (Å²) in [6, 6.07) is 14.8. The summed E-state index contributed by atoms with van der Waals surface area (Å²) in [6.45, 7) is 7.24. The maximum absolute atomic E-state index is 12.2. The van der Waals surface area contributed by atoms with Gasteiger partial charge in [-0.1, -0.05) is 16.8 Å². The second-order valence-corrected chi connectivity index (χ2v) is 14.5. The van der Waals surface area contributed by atoms with Crippen molar-refractivity contribution in [1.29, 1.82) is 10.5 Å². The number of nitrogens with one attached hydrogen (secondary N) is 3. The van der Waals surface area contributed by atoms with Gasteiger partial charge in [0.05, 0.1) is 40.4 Å². The number of anilines is 5. The number of piperazine rings is 1. The molecular formula is C38H42ClN13O2. The summed E-state index contributed by atoms with van der Waals surface area (Å²) in [4.78, 5) is 39.0. The van der Waals surface area contributed by atoms with E-state index in [1.807, 2.05) is 24.4 Å². The van der Waals surface area contributed by atoms with Gasteiger partial charge in [-0.25, -0.2) is 19.4 Å². The molecule has 15 nitrogen and oxygen atoms in total. The molecule has 16 heteroatoms. The molecule has 1 saturated carbocycles. The van der Waals surface area contributed by atoms with E-state index in [-0.39, 0.29) is 11.9 Å². The SMILES string of the molecule is C[C@H](C#N)Nc1cc(Nc2ncc(C#N)cc2Cl)ncc1-n1cc(C2CCC(CCN3CCN(c4ccc(N5CCC(=O)NC5=O)cc4)CC3)CC2)nn1. The number of benzene rings is 1. The third-order valence-corrected chi connectivity index (χ3v) is 10.8. The highest BCUT2D eigenvalue weighted by Gasteiger charge is 2.27. The first-order chi connectivity index (χ1) is 26.3. The Balaban J connectivity index is 0.888. The molecule has 0 radical (unpaired) electrons. The number of nitrogens with zero attached hydrogens (tertiary/aromatic N) is 10. The lowest BCUT2D eigenvalue weighted by Gasteiger charge is -2.37. The van der Waals surface area contributed by atoms with Crippen molar-refractivity contribution >= 4 is 52.2 Å². The maximum atomic E-state index is 12.2. The Hall–Kier alpha value is -5.77. The number of pyridine rings is 2. The van der Waals surface area contributed by atoms with E-state index < -0.39 is 6.04 Å². The Bertz CT molecular complexity index is 2060. The quantitative estimate of drug-likeness (QED) is 0.173. The molecule has 54 heavy (non-hydrogen) atoms. The summed E-state index contributed by atoms with van der Waals surface area (Å²) >= 11 is 6.32. The Morgan fingerprint density at radius 1 is 0.981 bits per heavy atom. The lowest BCUT2D eigenvalue weighted by Crippen LogP contribution is -2.49. The number of carbonyl (C=O) groups is 2. The standard InChI is InChI=1S/C38H42ClN13O2/c1-25(20-40)44-32-19-35(45-37-31(39)18-27(21-41)22-43-37)42-23-34(32)52-24-33(47-48-52)28-4-2-26(3-5-28)10-12-49-14-16-50(17-15-49)29-6-8-30(9-7-29)51-13-11-36(53)46-38(51)54/h6-9,18-19,22-26,28H,2-5,10-17H2,1H3,(H,46,53,54)(H2,42,43,44,45)/t25-,26?,28?/m1/s1. The Morgan fingerprint density at radius 3 is 2.44 bits per heavy atom. The minimum atomic E-state index is -0.470. The van der Waals surface area contributed by atoms with E-state index in [1.165, 1.54) is 18.7 Å². The summed E-state index contributed by atoms with van der Waals surface area (Å²) in [6.07, 6.45) is 11.0. The van der Waals surface area contributed by atoms with Gasteiger partial charge in [-0.05, 0) is 81.8 Å². The molecule has 3 amide bonds. The normalized spacial score (nSPS) is 19.8. The van der Waals surface area contributed by atoms with E-state index in [1.54, 1.807) is 28.8 Å². The van der Waals surface area contributed by atoms with Crippen molar-refractivity contribution in [2.75, 3.05) is 59.7 Å². The fourth-order valence-corrected chi connectivity index (χ4v) is 7.58. The van der Waals surface area contributed by atoms with E-state index in [4.69, 9.17) is 16.9 Å². The van der Waals surface area contributed by atoms with E-state index in [0.29, 0.717) is 58.4 Å². The third-order valence-electron chi connectivity index (χ3n) is 10.5. The van der Waals surface area contributed by atoms with Crippen LogP contribution in [0.5, 0.6) is 0 Å². The van der Waals surface area contributed by atoms with Crippen molar-refractivity contribution in [3.63, 3.8) is 0 Å². The van der Waals surface area contributed by atoms with Crippen molar-refractivity contribution in [2.24, 2.45) is 5.92 Å². The molecule has 0 bridgehead atoms. The number of nitriles is 2. The summed E-state index contributed by atoms with van der Waals surface area (Å²) in [5.74, 6) is 1.63. The fourth-order valence-electron chi connectivity index (χ4n) is 7.37. The number of halogens is 1. The molecule has 2 saturated heterocycles. The van der Waals surface area contributed by atoms with Crippen molar-refractivity contribution in [3.8, 4) is 17.8 Å². The van der Waals surface area contributed by atoms with Crippen LogP contribution < -0.4 is 25.8 Å². The minimum absolute atomic E-state index is 0.226. The summed E-state index contributed by atoms with van der Waals surface area (Å²) in [7, 11) is 0. The van der Waals surface area contributed by atoms with Gasteiger partial charge in [-0.15, -0.1) is 5.10 Å².